The molecule has 0 radical (unpaired) electrons. The molecule has 6 heteroatoms. The first-order chi connectivity index (χ1) is 15.6. The molecule has 0 saturated carbocycles. The molecule has 4 aromatic rings. The molecule has 0 bridgehead atoms. The van der Waals surface area contributed by atoms with Gasteiger partial charge in [0.05, 0.1) is 23.9 Å². The Bertz CT molecular complexity index is 1280. The van der Waals surface area contributed by atoms with E-state index in [0.717, 1.165) is 47.6 Å². The second-order valence-corrected chi connectivity index (χ2v) is 8.60. The van der Waals surface area contributed by atoms with Gasteiger partial charge in [0.25, 0.3) is 0 Å². The van der Waals surface area contributed by atoms with E-state index >= 15 is 0 Å². The van der Waals surface area contributed by atoms with Crippen LogP contribution in [0.25, 0.3) is 22.2 Å². The van der Waals surface area contributed by atoms with Gasteiger partial charge < -0.3 is 18.6 Å². The largest absolute Gasteiger partial charge is 0.469 e. The monoisotopic (exact) mass is 426 g/mol. The van der Waals surface area contributed by atoms with E-state index in [1.807, 2.05) is 37.3 Å². The van der Waals surface area contributed by atoms with Gasteiger partial charge >= 0.3 is 0 Å². The van der Waals surface area contributed by atoms with Gasteiger partial charge in [0.2, 0.25) is 5.89 Å². The molecule has 1 atom stereocenters. The summed E-state index contributed by atoms with van der Waals surface area (Å²) in [7, 11) is 4.25. The summed E-state index contributed by atoms with van der Waals surface area (Å²) in [6, 6.07) is 16.9. The van der Waals surface area contributed by atoms with Crippen molar-refractivity contribution < 1.29 is 8.83 Å². The number of nitriles is 1. The lowest BCUT2D eigenvalue weighted by molar-refractivity contribution is 0.315. The summed E-state index contributed by atoms with van der Waals surface area (Å²) in [4.78, 5) is 9.42. The van der Waals surface area contributed by atoms with Crippen LogP contribution in [0.3, 0.4) is 0 Å². The van der Waals surface area contributed by atoms with E-state index in [1.165, 1.54) is 0 Å². The molecule has 0 aliphatic carbocycles. The summed E-state index contributed by atoms with van der Waals surface area (Å²) in [6.07, 6.45) is 3.18. The minimum absolute atomic E-state index is 0.450. The maximum absolute atomic E-state index is 10.1. The van der Waals surface area contributed by atoms with Crippen LogP contribution in [0.4, 0.5) is 5.69 Å². The first kappa shape index (κ1) is 20.3. The number of nitrogens with zero attached hydrogens (tertiary/aromatic N) is 4. The third kappa shape index (κ3) is 3.45. The van der Waals surface area contributed by atoms with Crippen molar-refractivity contribution in [1.82, 2.24) is 9.88 Å². The zero-order chi connectivity index (χ0) is 22.2. The van der Waals surface area contributed by atoms with Gasteiger partial charge in [-0.3, -0.25) is 0 Å². The highest BCUT2D eigenvalue weighted by Crippen LogP contribution is 2.44. The summed E-state index contributed by atoms with van der Waals surface area (Å²) < 4.78 is 11.9. The quantitative estimate of drug-likeness (QED) is 0.447. The fourth-order valence-electron chi connectivity index (χ4n) is 4.69. The molecule has 6 nitrogen and oxygen atoms in total. The molecule has 2 aromatic carbocycles. The van der Waals surface area contributed by atoms with Gasteiger partial charge in [-0.1, -0.05) is 30.3 Å². The van der Waals surface area contributed by atoms with E-state index in [-0.39, 0.29) is 0 Å². The molecule has 2 aromatic heterocycles. The second-order valence-electron chi connectivity index (χ2n) is 8.60. The van der Waals surface area contributed by atoms with E-state index in [1.54, 1.807) is 6.26 Å². The van der Waals surface area contributed by atoms with Gasteiger partial charge in [0, 0.05) is 24.7 Å². The second kappa shape index (κ2) is 8.18. The number of furan rings is 1. The Balaban J connectivity index is 1.75. The first-order valence-corrected chi connectivity index (χ1v) is 10.9. The van der Waals surface area contributed by atoms with Crippen LogP contribution in [-0.2, 0) is 6.42 Å². The topological polar surface area (TPSA) is 69.4 Å². The smallest absolute Gasteiger partial charge is 0.203 e. The first-order valence-electron chi connectivity index (χ1n) is 10.9. The Kier molecular flexibility index (Phi) is 5.20. The lowest BCUT2D eigenvalue weighted by Crippen LogP contribution is -2.31. The van der Waals surface area contributed by atoms with Crippen molar-refractivity contribution in [3.8, 4) is 17.2 Å². The zero-order valence-corrected chi connectivity index (χ0v) is 18.6. The number of likely N-dealkylation sites (N-methyl/N-ethyl adjacent to an activating group) is 1. The third-order valence-electron chi connectivity index (χ3n) is 6.40. The third-order valence-corrected chi connectivity index (χ3v) is 6.40. The van der Waals surface area contributed by atoms with Crippen molar-refractivity contribution in [2.24, 2.45) is 0 Å². The number of hydrogen-bond acceptors (Lipinski definition) is 6. The minimum atomic E-state index is 0.450. The van der Waals surface area contributed by atoms with E-state index < -0.39 is 0 Å². The fraction of sp³-hybridized carbons (Fsp3) is 0.308. The van der Waals surface area contributed by atoms with Crippen molar-refractivity contribution in [3.05, 3.63) is 71.5 Å². The predicted octanol–water partition coefficient (Wildman–Crippen LogP) is 5.00. The van der Waals surface area contributed by atoms with Crippen molar-refractivity contribution >= 4 is 16.8 Å². The van der Waals surface area contributed by atoms with Crippen LogP contribution in [0.2, 0.25) is 0 Å². The molecular weight excluding hydrogens is 400 g/mol. The molecule has 5 rings (SSSR count). The zero-order valence-electron chi connectivity index (χ0n) is 18.6. The highest BCUT2D eigenvalue weighted by Gasteiger charge is 2.31. The molecular formula is C26H26N4O2. The van der Waals surface area contributed by atoms with Crippen LogP contribution in [0, 0.1) is 18.3 Å². The van der Waals surface area contributed by atoms with E-state index in [0.29, 0.717) is 35.0 Å². The SMILES string of the molecule is Cc1c(-c2ccccc2)c(N2CC[C@H](N(C)C)C2)c2oc(Cc3ccco3)nc2c1C#N. The van der Waals surface area contributed by atoms with Gasteiger partial charge in [-0.05, 0) is 50.7 Å². The van der Waals surface area contributed by atoms with Gasteiger partial charge in [0.15, 0.2) is 5.58 Å². The van der Waals surface area contributed by atoms with Crippen molar-refractivity contribution in [1.29, 1.82) is 5.26 Å². The normalized spacial score (nSPS) is 16.2. The molecule has 0 unspecified atom stereocenters. The lowest BCUT2D eigenvalue weighted by Gasteiger charge is -2.25. The summed E-state index contributed by atoms with van der Waals surface area (Å²) in [5.74, 6) is 1.34. The summed E-state index contributed by atoms with van der Waals surface area (Å²) >= 11 is 0. The molecule has 0 N–H and O–H groups in total. The average Bonchev–Trinajstić information content (AvgIpc) is 3.55. The molecule has 162 valence electrons. The van der Waals surface area contributed by atoms with Gasteiger partial charge in [-0.15, -0.1) is 0 Å². The summed E-state index contributed by atoms with van der Waals surface area (Å²) in [5, 5.41) is 10.1. The number of hydrogen-bond donors (Lipinski definition) is 0. The molecule has 0 spiro atoms. The molecule has 1 saturated heterocycles. The Labute approximate surface area is 187 Å². The van der Waals surface area contributed by atoms with Gasteiger partial charge in [-0.2, -0.15) is 5.26 Å². The Hall–Kier alpha value is -3.56. The van der Waals surface area contributed by atoms with Crippen LogP contribution >= 0.6 is 0 Å². The number of anilines is 1. The van der Waals surface area contributed by atoms with Crippen molar-refractivity contribution in [2.75, 3.05) is 32.1 Å². The molecule has 1 aliphatic rings. The molecule has 32 heavy (non-hydrogen) atoms. The molecule has 3 heterocycles. The lowest BCUT2D eigenvalue weighted by atomic mass is 9.93. The van der Waals surface area contributed by atoms with Crippen LogP contribution in [0.15, 0.2) is 57.6 Å². The number of oxazole rings is 1. The average molecular weight is 427 g/mol. The molecule has 0 amide bonds. The number of fused-ring (bicyclic) bond motifs is 1. The summed E-state index contributed by atoms with van der Waals surface area (Å²) in [5.41, 5.74) is 5.99. The fourth-order valence-corrected chi connectivity index (χ4v) is 4.69. The van der Waals surface area contributed by atoms with Crippen molar-refractivity contribution in [3.63, 3.8) is 0 Å². The van der Waals surface area contributed by atoms with Gasteiger partial charge in [-0.25, -0.2) is 4.98 Å². The van der Waals surface area contributed by atoms with Gasteiger partial charge in [0.1, 0.15) is 17.3 Å². The van der Waals surface area contributed by atoms with Crippen LogP contribution in [0.1, 0.15) is 29.2 Å². The highest BCUT2D eigenvalue weighted by molar-refractivity contribution is 6.02. The van der Waals surface area contributed by atoms with Crippen molar-refractivity contribution in [2.45, 2.75) is 25.8 Å². The standard InChI is InChI=1S/C26H26N4O2/c1-17-21(15-27)24-26(32-22(28-24)14-20-10-7-13-31-20)25(23(17)18-8-5-4-6-9-18)30-12-11-19(16-30)29(2)3/h4-10,13,19H,11-12,14,16H2,1-3H3/t19-/m0/s1. The summed E-state index contributed by atoms with van der Waals surface area (Å²) in [6.45, 7) is 3.85. The minimum Gasteiger partial charge on any atom is -0.469 e. The van der Waals surface area contributed by atoms with E-state index in [2.05, 4.69) is 42.1 Å². The van der Waals surface area contributed by atoms with E-state index in [4.69, 9.17) is 13.8 Å². The Morgan fingerprint density at radius 3 is 2.66 bits per heavy atom. The van der Waals surface area contributed by atoms with E-state index in [9.17, 15) is 5.26 Å². The van der Waals surface area contributed by atoms with Crippen LogP contribution < -0.4 is 4.90 Å². The maximum Gasteiger partial charge on any atom is 0.203 e. The van der Waals surface area contributed by atoms with Crippen LogP contribution in [0.5, 0.6) is 0 Å². The number of benzene rings is 2. The number of aromatic nitrogens is 1. The molecule has 1 aliphatic heterocycles. The Morgan fingerprint density at radius 2 is 2.00 bits per heavy atom. The van der Waals surface area contributed by atoms with Crippen LogP contribution in [-0.4, -0.2) is 43.1 Å². The maximum atomic E-state index is 10.1. The molecule has 1 fully saturated rings. The number of rotatable bonds is 5. The Morgan fingerprint density at radius 1 is 1.19 bits per heavy atom. The predicted molar refractivity (Wildman–Crippen MR) is 125 cm³/mol. The highest BCUT2D eigenvalue weighted by atomic mass is 16.4.